The largest absolute Gasteiger partial charge is 0.494 e. The molecule has 0 aliphatic carbocycles. The molecule has 2 aromatic carbocycles. The first kappa shape index (κ1) is 15.9. The summed E-state index contributed by atoms with van der Waals surface area (Å²) in [5, 5.41) is 5.77. The molecule has 0 unspecified atom stereocenters. The third-order valence-corrected chi connectivity index (χ3v) is 3.41. The highest BCUT2D eigenvalue weighted by Gasteiger charge is 2.06. The van der Waals surface area contributed by atoms with Gasteiger partial charge in [0.05, 0.1) is 6.61 Å². The van der Waals surface area contributed by atoms with Crippen molar-refractivity contribution in [2.24, 2.45) is 0 Å². The smallest absolute Gasteiger partial charge is 0.319 e. The summed E-state index contributed by atoms with van der Waals surface area (Å²) in [6.07, 6.45) is 0. The van der Waals surface area contributed by atoms with Gasteiger partial charge < -0.3 is 15.4 Å². The lowest BCUT2D eigenvalue weighted by Crippen LogP contribution is -2.28. The van der Waals surface area contributed by atoms with E-state index in [0.29, 0.717) is 13.2 Å². The van der Waals surface area contributed by atoms with Crippen molar-refractivity contribution < 1.29 is 9.53 Å². The average Bonchev–Trinajstić information content (AvgIpc) is 2.51. The van der Waals surface area contributed by atoms with E-state index in [1.54, 1.807) is 0 Å². The van der Waals surface area contributed by atoms with E-state index in [-0.39, 0.29) is 6.03 Å². The van der Waals surface area contributed by atoms with E-state index in [1.807, 2.05) is 63.2 Å². The van der Waals surface area contributed by atoms with E-state index >= 15 is 0 Å². The van der Waals surface area contributed by atoms with Crippen molar-refractivity contribution in [3.8, 4) is 5.75 Å². The van der Waals surface area contributed by atoms with Gasteiger partial charge in [-0.05, 0) is 49.6 Å². The summed E-state index contributed by atoms with van der Waals surface area (Å²) in [6.45, 7) is 7.04. The van der Waals surface area contributed by atoms with Crippen molar-refractivity contribution in [1.29, 1.82) is 0 Å². The fourth-order valence-electron chi connectivity index (χ4n) is 2.22. The number of carbonyl (C=O) groups is 1. The second kappa shape index (κ2) is 7.50. The van der Waals surface area contributed by atoms with Crippen LogP contribution in [0.5, 0.6) is 5.75 Å². The lowest BCUT2D eigenvalue weighted by atomic mass is 10.1. The van der Waals surface area contributed by atoms with Crippen LogP contribution < -0.4 is 15.4 Å². The fraction of sp³-hybridized carbons (Fsp3) is 0.278. The van der Waals surface area contributed by atoms with Crippen LogP contribution in [0.4, 0.5) is 10.5 Å². The maximum Gasteiger partial charge on any atom is 0.319 e. The first-order valence-corrected chi connectivity index (χ1v) is 7.43. The number of hydrogen-bond donors (Lipinski definition) is 2. The number of nitrogens with one attached hydrogen (secondary N) is 2. The molecule has 0 saturated carbocycles. The monoisotopic (exact) mass is 298 g/mol. The van der Waals surface area contributed by atoms with Gasteiger partial charge in [0.15, 0.2) is 0 Å². The molecule has 2 amide bonds. The Bertz CT molecular complexity index is 616. The molecule has 0 aliphatic rings. The molecule has 0 radical (unpaired) electrons. The maximum atomic E-state index is 12.0. The summed E-state index contributed by atoms with van der Waals surface area (Å²) in [6, 6.07) is 13.5. The maximum absolute atomic E-state index is 12.0. The Balaban J connectivity index is 1.90. The molecule has 2 rings (SSSR count). The highest BCUT2D eigenvalue weighted by atomic mass is 16.5. The molecule has 0 bridgehead atoms. The molecule has 116 valence electrons. The molecule has 0 spiro atoms. The number of ether oxygens (including phenoxy) is 1. The number of aryl methyl sites for hydroxylation is 2. The standard InChI is InChI=1S/C18H22N2O2/c1-4-22-16-10-8-15(9-11-16)12-19-18(21)20-17-13(2)6-5-7-14(17)3/h5-11H,4,12H2,1-3H3,(H2,19,20,21). The number of urea groups is 1. The number of anilines is 1. The second-order valence-corrected chi connectivity index (χ2v) is 5.15. The van der Waals surface area contributed by atoms with Gasteiger partial charge in [-0.25, -0.2) is 4.79 Å². The topological polar surface area (TPSA) is 50.4 Å². The van der Waals surface area contributed by atoms with Crippen molar-refractivity contribution in [2.45, 2.75) is 27.3 Å². The summed E-state index contributed by atoms with van der Waals surface area (Å²) < 4.78 is 5.39. The first-order valence-electron chi connectivity index (χ1n) is 7.43. The van der Waals surface area contributed by atoms with Crippen molar-refractivity contribution in [3.63, 3.8) is 0 Å². The van der Waals surface area contributed by atoms with E-state index in [0.717, 1.165) is 28.1 Å². The quantitative estimate of drug-likeness (QED) is 0.875. The second-order valence-electron chi connectivity index (χ2n) is 5.15. The number of amides is 2. The average molecular weight is 298 g/mol. The molecule has 0 aliphatic heterocycles. The van der Waals surface area contributed by atoms with Gasteiger partial charge in [-0.15, -0.1) is 0 Å². The van der Waals surface area contributed by atoms with E-state index in [2.05, 4.69) is 10.6 Å². The van der Waals surface area contributed by atoms with E-state index in [9.17, 15) is 4.79 Å². The van der Waals surface area contributed by atoms with E-state index < -0.39 is 0 Å². The van der Waals surface area contributed by atoms with Crippen molar-refractivity contribution in [1.82, 2.24) is 5.32 Å². The number of hydrogen-bond acceptors (Lipinski definition) is 2. The fourth-order valence-corrected chi connectivity index (χ4v) is 2.22. The Labute approximate surface area is 131 Å². The van der Waals surface area contributed by atoms with Gasteiger partial charge >= 0.3 is 6.03 Å². The van der Waals surface area contributed by atoms with Crippen LogP contribution in [-0.4, -0.2) is 12.6 Å². The minimum Gasteiger partial charge on any atom is -0.494 e. The molecule has 0 aromatic heterocycles. The number of benzene rings is 2. The van der Waals surface area contributed by atoms with Crippen LogP contribution in [-0.2, 0) is 6.54 Å². The molecule has 4 heteroatoms. The van der Waals surface area contributed by atoms with Gasteiger partial charge in [-0.2, -0.15) is 0 Å². The predicted octanol–water partition coefficient (Wildman–Crippen LogP) is 4.02. The third kappa shape index (κ3) is 4.25. The Morgan fingerprint density at radius 2 is 1.68 bits per heavy atom. The van der Waals surface area contributed by atoms with Gasteiger partial charge in [0.1, 0.15) is 5.75 Å². The highest BCUT2D eigenvalue weighted by Crippen LogP contribution is 2.19. The third-order valence-electron chi connectivity index (χ3n) is 3.41. The van der Waals surface area contributed by atoms with Crippen molar-refractivity contribution in [3.05, 3.63) is 59.2 Å². The Morgan fingerprint density at radius 1 is 1.05 bits per heavy atom. The number of rotatable bonds is 5. The zero-order chi connectivity index (χ0) is 15.9. The Morgan fingerprint density at radius 3 is 2.27 bits per heavy atom. The van der Waals surface area contributed by atoms with Gasteiger partial charge in [0.2, 0.25) is 0 Å². The van der Waals surface area contributed by atoms with Gasteiger partial charge in [0.25, 0.3) is 0 Å². The highest BCUT2D eigenvalue weighted by molar-refractivity contribution is 5.90. The summed E-state index contributed by atoms with van der Waals surface area (Å²) in [5.41, 5.74) is 4.00. The van der Waals surface area contributed by atoms with Crippen LogP contribution in [0.2, 0.25) is 0 Å². The summed E-state index contributed by atoms with van der Waals surface area (Å²) >= 11 is 0. The predicted molar refractivity (Wildman–Crippen MR) is 89.4 cm³/mol. The molecule has 22 heavy (non-hydrogen) atoms. The van der Waals surface area contributed by atoms with Crippen molar-refractivity contribution in [2.75, 3.05) is 11.9 Å². The van der Waals surface area contributed by atoms with Crippen LogP contribution in [0.3, 0.4) is 0 Å². The molecule has 2 aromatic rings. The molecule has 0 saturated heterocycles. The molecule has 0 atom stereocenters. The lowest BCUT2D eigenvalue weighted by Gasteiger charge is -2.12. The zero-order valence-electron chi connectivity index (χ0n) is 13.3. The molecular weight excluding hydrogens is 276 g/mol. The van der Waals surface area contributed by atoms with Crippen molar-refractivity contribution >= 4 is 11.7 Å². The normalized spacial score (nSPS) is 10.1. The van der Waals surface area contributed by atoms with Crippen LogP contribution in [0.15, 0.2) is 42.5 Å². The molecule has 2 N–H and O–H groups in total. The number of para-hydroxylation sites is 1. The van der Waals surface area contributed by atoms with Crippen LogP contribution >= 0.6 is 0 Å². The van der Waals surface area contributed by atoms with Crippen LogP contribution in [0.25, 0.3) is 0 Å². The van der Waals surface area contributed by atoms with Crippen LogP contribution in [0, 0.1) is 13.8 Å². The summed E-state index contributed by atoms with van der Waals surface area (Å²) in [7, 11) is 0. The first-order chi connectivity index (χ1) is 10.6. The van der Waals surface area contributed by atoms with Gasteiger partial charge in [0, 0.05) is 12.2 Å². The lowest BCUT2D eigenvalue weighted by molar-refractivity contribution is 0.251. The molecule has 0 heterocycles. The summed E-state index contributed by atoms with van der Waals surface area (Å²) in [4.78, 5) is 12.0. The SMILES string of the molecule is CCOc1ccc(CNC(=O)Nc2c(C)cccc2C)cc1. The molecule has 4 nitrogen and oxygen atoms in total. The van der Waals surface area contributed by atoms with Gasteiger partial charge in [-0.3, -0.25) is 0 Å². The Hall–Kier alpha value is -2.49. The molecular formula is C18H22N2O2. The number of carbonyl (C=O) groups excluding carboxylic acids is 1. The van der Waals surface area contributed by atoms with E-state index in [1.165, 1.54) is 0 Å². The summed E-state index contributed by atoms with van der Waals surface area (Å²) in [5.74, 6) is 0.839. The molecule has 0 fully saturated rings. The van der Waals surface area contributed by atoms with Crippen LogP contribution in [0.1, 0.15) is 23.6 Å². The minimum absolute atomic E-state index is 0.203. The zero-order valence-corrected chi connectivity index (χ0v) is 13.3. The Kier molecular flexibility index (Phi) is 5.42. The van der Waals surface area contributed by atoms with E-state index in [4.69, 9.17) is 4.74 Å². The van der Waals surface area contributed by atoms with Gasteiger partial charge in [-0.1, -0.05) is 30.3 Å². The minimum atomic E-state index is -0.203.